The third kappa shape index (κ3) is 4.70. The summed E-state index contributed by atoms with van der Waals surface area (Å²) in [4.78, 5) is 13.7. The number of methoxy groups -OCH3 is 2. The lowest BCUT2D eigenvalue weighted by Crippen LogP contribution is -2.28. The average Bonchev–Trinajstić information content (AvgIpc) is 3.61. The molecule has 6 rings (SSSR count). The average molecular weight is 538 g/mol. The molecule has 1 aliphatic heterocycles. The van der Waals surface area contributed by atoms with Crippen LogP contribution in [0.15, 0.2) is 89.1 Å². The summed E-state index contributed by atoms with van der Waals surface area (Å²) in [7, 11) is 3.29. The van der Waals surface area contributed by atoms with Gasteiger partial charge in [-0.2, -0.15) is 5.10 Å². The number of hydrogen-bond acceptors (Lipinski definition) is 7. The maximum Gasteiger partial charge on any atom is 0.253 e. The molecular weight excluding hydrogens is 510 g/mol. The minimum Gasteiger partial charge on any atom is -0.497 e. The number of aromatic nitrogens is 3. The zero-order valence-electron chi connectivity index (χ0n) is 21.9. The van der Waals surface area contributed by atoms with Crippen molar-refractivity contribution in [1.29, 1.82) is 0 Å². The Labute approximate surface area is 230 Å². The third-order valence-electron chi connectivity index (χ3n) is 6.97. The summed E-state index contributed by atoms with van der Waals surface area (Å²) in [5.74, 6) is 1.58. The SMILES string of the molecule is COc1ccc(C2CC(c3ccccc3)=NN2C(=O)CSc2nnc3cc(C)c4ccc(OC)cc4n23)cc1. The van der Waals surface area contributed by atoms with Crippen LogP contribution in [0.4, 0.5) is 0 Å². The van der Waals surface area contributed by atoms with Crippen LogP contribution in [0.3, 0.4) is 0 Å². The predicted molar refractivity (Wildman–Crippen MR) is 153 cm³/mol. The summed E-state index contributed by atoms with van der Waals surface area (Å²) in [6, 6.07) is 25.6. The van der Waals surface area contributed by atoms with Gasteiger partial charge in [-0.1, -0.05) is 54.2 Å². The van der Waals surface area contributed by atoms with Crippen LogP contribution in [-0.2, 0) is 4.79 Å². The normalized spacial score (nSPS) is 15.1. The molecule has 196 valence electrons. The van der Waals surface area contributed by atoms with Gasteiger partial charge >= 0.3 is 0 Å². The van der Waals surface area contributed by atoms with Gasteiger partial charge in [-0.15, -0.1) is 10.2 Å². The molecule has 0 aliphatic carbocycles. The first-order valence-electron chi connectivity index (χ1n) is 12.6. The standard InChI is InChI=1S/C30H27N5O3S/c1-19-15-28-31-32-30(34(28)27-16-23(38-3)13-14-24(19)27)39-18-29(36)35-26(21-9-11-22(37-2)12-10-21)17-25(33-35)20-7-5-4-6-8-20/h4-16,26H,17-18H2,1-3H3. The Morgan fingerprint density at radius 2 is 1.69 bits per heavy atom. The van der Waals surface area contributed by atoms with E-state index in [-0.39, 0.29) is 17.7 Å². The van der Waals surface area contributed by atoms with Gasteiger partial charge in [0.1, 0.15) is 11.5 Å². The topological polar surface area (TPSA) is 81.3 Å². The van der Waals surface area contributed by atoms with Crippen LogP contribution in [-0.4, -0.2) is 51.2 Å². The van der Waals surface area contributed by atoms with E-state index < -0.39 is 0 Å². The van der Waals surface area contributed by atoms with Crippen LogP contribution in [0.2, 0.25) is 0 Å². The molecule has 9 heteroatoms. The molecule has 0 N–H and O–H groups in total. The van der Waals surface area contributed by atoms with E-state index in [9.17, 15) is 4.79 Å². The van der Waals surface area contributed by atoms with E-state index in [1.165, 1.54) is 11.8 Å². The molecule has 3 aromatic carbocycles. The van der Waals surface area contributed by atoms with Gasteiger partial charge in [0.2, 0.25) is 0 Å². The van der Waals surface area contributed by atoms with E-state index in [0.717, 1.165) is 50.5 Å². The first-order chi connectivity index (χ1) is 19.1. The molecule has 1 aliphatic rings. The van der Waals surface area contributed by atoms with Crippen molar-refractivity contribution in [2.75, 3.05) is 20.0 Å². The smallest absolute Gasteiger partial charge is 0.253 e. The lowest BCUT2D eigenvalue weighted by atomic mass is 9.98. The molecule has 1 atom stereocenters. The largest absolute Gasteiger partial charge is 0.497 e. The first-order valence-corrected chi connectivity index (χ1v) is 13.6. The molecule has 2 aromatic heterocycles. The van der Waals surface area contributed by atoms with Crippen LogP contribution < -0.4 is 9.47 Å². The van der Waals surface area contributed by atoms with E-state index >= 15 is 0 Å². The summed E-state index contributed by atoms with van der Waals surface area (Å²) in [5.41, 5.74) is 5.66. The van der Waals surface area contributed by atoms with Crippen molar-refractivity contribution in [3.63, 3.8) is 0 Å². The third-order valence-corrected chi connectivity index (χ3v) is 7.89. The van der Waals surface area contributed by atoms with E-state index in [4.69, 9.17) is 14.6 Å². The van der Waals surface area contributed by atoms with Crippen molar-refractivity contribution in [2.45, 2.75) is 24.5 Å². The molecule has 0 bridgehead atoms. The van der Waals surface area contributed by atoms with Gasteiger partial charge < -0.3 is 9.47 Å². The second kappa shape index (κ2) is 10.4. The number of rotatable bonds is 7. The Morgan fingerprint density at radius 1 is 0.949 bits per heavy atom. The molecule has 5 aromatic rings. The highest BCUT2D eigenvalue weighted by molar-refractivity contribution is 7.99. The van der Waals surface area contributed by atoms with Gasteiger partial charge in [-0.25, -0.2) is 5.01 Å². The molecule has 8 nitrogen and oxygen atoms in total. The van der Waals surface area contributed by atoms with Gasteiger partial charge in [-0.3, -0.25) is 9.20 Å². The maximum absolute atomic E-state index is 13.7. The van der Waals surface area contributed by atoms with Crippen molar-refractivity contribution < 1.29 is 14.3 Å². The summed E-state index contributed by atoms with van der Waals surface area (Å²) in [6.07, 6.45) is 0.629. The minimum absolute atomic E-state index is 0.0995. The number of thioether (sulfide) groups is 1. The van der Waals surface area contributed by atoms with Crippen molar-refractivity contribution in [3.05, 3.63) is 95.6 Å². The van der Waals surface area contributed by atoms with Gasteiger partial charge in [0.25, 0.3) is 5.91 Å². The summed E-state index contributed by atoms with van der Waals surface area (Å²) < 4.78 is 12.8. The number of carbonyl (C=O) groups is 1. The van der Waals surface area contributed by atoms with Crippen LogP contribution in [0.1, 0.15) is 29.2 Å². The second-order valence-electron chi connectivity index (χ2n) is 9.32. The highest BCUT2D eigenvalue weighted by Gasteiger charge is 2.33. The van der Waals surface area contributed by atoms with Gasteiger partial charge in [0.15, 0.2) is 10.8 Å². The highest BCUT2D eigenvalue weighted by atomic mass is 32.2. The number of pyridine rings is 1. The van der Waals surface area contributed by atoms with E-state index in [2.05, 4.69) is 17.1 Å². The van der Waals surface area contributed by atoms with Crippen molar-refractivity contribution in [3.8, 4) is 11.5 Å². The van der Waals surface area contributed by atoms with Crippen LogP contribution in [0, 0.1) is 6.92 Å². The molecule has 0 spiro atoms. The number of benzene rings is 3. The lowest BCUT2D eigenvalue weighted by molar-refractivity contribution is -0.130. The molecule has 0 radical (unpaired) electrons. The van der Waals surface area contributed by atoms with E-state index in [1.54, 1.807) is 19.2 Å². The molecule has 1 amide bonds. The molecule has 0 saturated heterocycles. The minimum atomic E-state index is -0.206. The number of nitrogens with zero attached hydrogens (tertiary/aromatic N) is 5. The first kappa shape index (κ1) is 24.9. The Kier molecular flexibility index (Phi) is 6.66. The lowest BCUT2D eigenvalue weighted by Gasteiger charge is -2.22. The Balaban J connectivity index is 1.31. The van der Waals surface area contributed by atoms with Crippen molar-refractivity contribution in [2.24, 2.45) is 5.10 Å². The Morgan fingerprint density at radius 3 is 2.44 bits per heavy atom. The monoisotopic (exact) mass is 537 g/mol. The fourth-order valence-electron chi connectivity index (χ4n) is 4.95. The number of hydrogen-bond donors (Lipinski definition) is 0. The van der Waals surface area contributed by atoms with Gasteiger partial charge in [0.05, 0.1) is 37.2 Å². The number of aryl methyl sites for hydroxylation is 1. The van der Waals surface area contributed by atoms with Crippen molar-refractivity contribution in [1.82, 2.24) is 19.6 Å². The summed E-state index contributed by atoms with van der Waals surface area (Å²) in [6.45, 7) is 2.05. The summed E-state index contributed by atoms with van der Waals surface area (Å²) >= 11 is 1.35. The molecular formula is C30H27N5O3S. The van der Waals surface area contributed by atoms with Crippen molar-refractivity contribution >= 4 is 39.9 Å². The fourth-order valence-corrected chi connectivity index (χ4v) is 5.75. The van der Waals surface area contributed by atoms with Gasteiger partial charge in [0, 0.05) is 17.9 Å². The highest BCUT2D eigenvalue weighted by Crippen LogP contribution is 2.35. The summed E-state index contributed by atoms with van der Waals surface area (Å²) in [5, 5.41) is 16.9. The number of ether oxygens (including phenoxy) is 2. The van der Waals surface area contributed by atoms with Crippen LogP contribution >= 0.6 is 11.8 Å². The quantitative estimate of drug-likeness (QED) is 0.249. The fraction of sp³-hybridized carbons (Fsp3) is 0.200. The number of carbonyl (C=O) groups excluding carboxylic acids is 1. The zero-order chi connectivity index (χ0) is 26.9. The maximum atomic E-state index is 13.7. The molecule has 1 unspecified atom stereocenters. The molecule has 0 saturated carbocycles. The number of amides is 1. The molecule has 0 fully saturated rings. The van der Waals surface area contributed by atoms with Crippen LogP contribution in [0.5, 0.6) is 11.5 Å². The Bertz CT molecular complexity index is 1700. The van der Waals surface area contributed by atoms with E-state index in [0.29, 0.717) is 11.6 Å². The number of hydrazone groups is 1. The Hall–Kier alpha value is -4.37. The number of fused-ring (bicyclic) bond motifs is 3. The van der Waals surface area contributed by atoms with E-state index in [1.807, 2.05) is 83.3 Å². The van der Waals surface area contributed by atoms with Crippen LogP contribution in [0.25, 0.3) is 16.6 Å². The molecule has 3 heterocycles. The van der Waals surface area contributed by atoms with Gasteiger partial charge in [-0.05, 0) is 53.9 Å². The second-order valence-corrected chi connectivity index (χ2v) is 10.3. The predicted octanol–water partition coefficient (Wildman–Crippen LogP) is 5.68. The molecule has 39 heavy (non-hydrogen) atoms. The zero-order valence-corrected chi connectivity index (χ0v) is 22.7.